The largest absolute Gasteiger partial charge is 0.489 e. The maximum absolute atomic E-state index is 12.8. The van der Waals surface area contributed by atoms with Gasteiger partial charge in [-0.3, -0.25) is 0 Å². The highest BCUT2D eigenvalue weighted by Gasteiger charge is 2.35. The Morgan fingerprint density at radius 2 is 2.07 bits per heavy atom. The van der Waals surface area contributed by atoms with Crippen LogP contribution in [0, 0.1) is 0 Å². The van der Waals surface area contributed by atoms with E-state index in [0.717, 1.165) is 11.1 Å². The van der Waals surface area contributed by atoms with E-state index >= 15 is 0 Å². The molecule has 0 bridgehead atoms. The normalized spacial score (nSPS) is 15.2. The van der Waals surface area contributed by atoms with Gasteiger partial charge >= 0.3 is 5.97 Å². The Balaban J connectivity index is 1.66. The Morgan fingerprint density at radius 3 is 2.87 bits per heavy atom. The van der Waals surface area contributed by atoms with Crippen molar-refractivity contribution in [1.82, 2.24) is 20.2 Å². The van der Waals surface area contributed by atoms with Crippen LogP contribution in [0.4, 0.5) is 5.95 Å². The molecule has 0 radical (unpaired) electrons. The molecule has 1 unspecified atom stereocenters. The number of esters is 1. The Kier molecular flexibility index (Phi) is 5.56. The molecule has 1 aromatic heterocycles. The molecule has 0 saturated heterocycles. The van der Waals surface area contributed by atoms with E-state index in [1.54, 1.807) is 11.6 Å². The first-order chi connectivity index (χ1) is 14.7. The summed E-state index contributed by atoms with van der Waals surface area (Å²) in [5.41, 5.74) is 2.93. The summed E-state index contributed by atoms with van der Waals surface area (Å²) in [4.78, 5) is 12.8. The number of hydrogen-bond donors (Lipinski definition) is 1. The van der Waals surface area contributed by atoms with Crippen molar-refractivity contribution in [1.29, 1.82) is 0 Å². The van der Waals surface area contributed by atoms with Crippen molar-refractivity contribution in [2.45, 2.75) is 19.6 Å². The molecule has 4 rings (SSSR count). The molecule has 152 valence electrons. The SMILES string of the molecule is C=CCOC(=O)C1=C(C)Nc2nnnn2C1c1cccc(OCc2ccccc2)c1. The van der Waals surface area contributed by atoms with Gasteiger partial charge in [-0.2, -0.15) is 4.68 Å². The van der Waals surface area contributed by atoms with Gasteiger partial charge in [0.05, 0.1) is 5.57 Å². The number of nitrogens with zero attached hydrogens (tertiary/aromatic N) is 4. The first kappa shape index (κ1) is 19.4. The molecular weight excluding hydrogens is 382 g/mol. The standard InChI is InChI=1S/C22H21N5O3/c1-3-12-29-21(28)19-15(2)23-22-24-25-26-27(22)20(19)17-10-7-11-18(13-17)30-14-16-8-5-4-6-9-16/h3-11,13,20H,1,12,14H2,2H3,(H,23,24,26). The predicted octanol–water partition coefficient (Wildman–Crippen LogP) is 3.27. The molecule has 1 atom stereocenters. The zero-order chi connectivity index (χ0) is 20.9. The Bertz CT molecular complexity index is 1090. The zero-order valence-corrected chi connectivity index (χ0v) is 16.5. The van der Waals surface area contributed by atoms with Gasteiger partial charge in [-0.15, -0.1) is 0 Å². The van der Waals surface area contributed by atoms with Gasteiger partial charge in [-0.05, 0) is 40.6 Å². The van der Waals surface area contributed by atoms with Crippen molar-refractivity contribution in [3.8, 4) is 5.75 Å². The monoisotopic (exact) mass is 403 g/mol. The van der Waals surface area contributed by atoms with Gasteiger partial charge in [-0.1, -0.05) is 60.2 Å². The molecule has 2 aromatic carbocycles. The van der Waals surface area contributed by atoms with Crippen LogP contribution in [-0.4, -0.2) is 32.8 Å². The summed E-state index contributed by atoms with van der Waals surface area (Å²) < 4.78 is 12.8. The third-order valence-electron chi connectivity index (χ3n) is 4.69. The Labute approximate surface area is 173 Å². The van der Waals surface area contributed by atoms with E-state index in [-0.39, 0.29) is 6.61 Å². The second-order valence-corrected chi connectivity index (χ2v) is 6.75. The third-order valence-corrected chi connectivity index (χ3v) is 4.69. The molecule has 8 heteroatoms. The van der Waals surface area contributed by atoms with Gasteiger partial charge in [0.1, 0.15) is 25.0 Å². The molecule has 0 fully saturated rings. The number of rotatable bonds is 7. The molecule has 1 N–H and O–H groups in total. The van der Waals surface area contributed by atoms with E-state index in [1.807, 2.05) is 54.6 Å². The topological polar surface area (TPSA) is 91.2 Å². The molecule has 3 aromatic rings. The molecule has 1 aliphatic rings. The van der Waals surface area contributed by atoms with Crippen molar-refractivity contribution in [3.05, 3.63) is 89.6 Å². The van der Waals surface area contributed by atoms with Crippen LogP contribution in [0.15, 0.2) is 78.5 Å². The van der Waals surface area contributed by atoms with Gasteiger partial charge in [0.2, 0.25) is 5.95 Å². The quantitative estimate of drug-likeness (QED) is 0.478. The van der Waals surface area contributed by atoms with E-state index in [4.69, 9.17) is 9.47 Å². The summed E-state index contributed by atoms with van der Waals surface area (Å²) >= 11 is 0. The number of carbonyl (C=O) groups is 1. The fraction of sp³-hybridized carbons (Fsp3) is 0.182. The van der Waals surface area contributed by atoms with Gasteiger partial charge in [0, 0.05) is 5.70 Å². The lowest BCUT2D eigenvalue weighted by atomic mass is 9.95. The maximum Gasteiger partial charge on any atom is 0.338 e. The lowest BCUT2D eigenvalue weighted by Gasteiger charge is -2.27. The number of anilines is 1. The van der Waals surface area contributed by atoms with Crippen LogP contribution in [0.1, 0.15) is 24.1 Å². The van der Waals surface area contributed by atoms with E-state index in [1.165, 1.54) is 6.08 Å². The minimum Gasteiger partial charge on any atom is -0.489 e. The maximum atomic E-state index is 12.8. The summed E-state index contributed by atoms with van der Waals surface area (Å²) in [6.07, 6.45) is 1.53. The number of fused-ring (bicyclic) bond motifs is 1. The van der Waals surface area contributed by atoms with Crippen LogP contribution < -0.4 is 10.1 Å². The Hall–Kier alpha value is -3.94. The van der Waals surface area contributed by atoms with Crippen molar-refractivity contribution in [2.75, 3.05) is 11.9 Å². The first-order valence-electron chi connectivity index (χ1n) is 9.47. The van der Waals surface area contributed by atoms with Crippen LogP contribution in [0.5, 0.6) is 5.75 Å². The van der Waals surface area contributed by atoms with Crippen LogP contribution in [-0.2, 0) is 16.1 Å². The first-order valence-corrected chi connectivity index (χ1v) is 9.47. The third kappa shape index (κ3) is 3.93. The molecule has 2 heterocycles. The summed E-state index contributed by atoms with van der Waals surface area (Å²) in [6, 6.07) is 16.9. The lowest BCUT2D eigenvalue weighted by Crippen LogP contribution is -2.29. The van der Waals surface area contributed by atoms with Crippen LogP contribution in [0.3, 0.4) is 0 Å². The average molecular weight is 403 g/mol. The highest BCUT2D eigenvalue weighted by atomic mass is 16.5. The van der Waals surface area contributed by atoms with Crippen molar-refractivity contribution < 1.29 is 14.3 Å². The zero-order valence-electron chi connectivity index (χ0n) is 16.5. The number of nitrogens with one attached hydrogen (secondary N) is 1. The fourth-order valence-electron chi connectivity index (χ4n) is 3.31. The van der Waals surface area contributed by atoms with E-state index in [0.29, 0.717) is 29.6 Å². The average Bonchev–Trinajstić information content (AvgIpc) is 3.24. The number of benzene rings is 2. The van der Waals surface area contributed by atoms with E-state index in [2.05, 4.69) is 27.4 Å². The highest BCUT2D eigenvalue weighted by molar-refractivity contribution is 5.92. The van der Waals surface area contributed by atoms with E-state index in [9.17, 15) is 4.79 Å². The predicted molar refractivity (Wildman–Crippen MR) is 111 cm³/mol. The van der Waals surface area contributed by atoms with Gasteiger partial charge in [0.25, 0.3) is 0 Å². The summed E-state index contributed by atoms with van der Waals surface area (Å²) in [5, 5.41) is 14.9. The van der Waals surface area contributed by atoms with Crippen molar-refractivity contribution in [2.24, 2.45) is 0 Å². The Morgan fingerprint density at radius 1 is 1.23 bits per heavy atom. The van der Waals surface area contributed by atoms with Crippen LogP contribution in [0.2, 0.25) is 0 Å². The molecule has 1 aliphatic heterocycles. The minimum atomic E-state index is -0.547. The number of hydrogen-bond acceptors (Lipinski definition) is 7. The highest BCUT2D eigenvalue weighted by Crippen LogP contribution is 2.36. The van der Waals surface area contributed by atoms with E-state index < -0.39 is 12.0 Å². The van der Waals surface area contributed by atoms with Gasteiger partial charge in [-0.25, -0.2) is 4.79 Å². The van der Waals surface area contributed by atoms with Crippen molar-refractivity contribution in [3.63, 3.8) is 0 Å². The summed E-state index contributed by atoms with van der Waals surface area (Å²) in [7, 11) is 0. The number of aromatic nitrogens is 4. The molecule has 0 spiro atoms. The molecule has 0 saturated carbocycles. The number of ether oxygens (including phenoxy) is 2. The molecule has 8 nitrogen and oxygen atoms in total. The smallest absolute Gasteiger partial charge is 0.338 e. The minimum absolute atomic E-state index is 0.116. The number of carbonyl (C=O) groups excluding carboxylic acids is 1. The summed E-state index contributed by atoms with van der Waals surface area (Å²) in [5.74, 6) is 0.677. The number of allylic oxidation sites excluding steroid dienone is 1. The van der Waals surface area contributed by atoms with Gasteiger partial charge in [0.15, 0.2) is 0 Å². The summed E-state index contributed by atoms with van der Waals surface area (Å²) in [6.45, 7) is 5.95. The van der Waals surface area contributed by atoms with Crippen LogP contribution >= 0.6 is 0 Å². The molecule has 30 heavy (non-hydrogen) atoms. The fourth-order valence-corrected chi connectivity index (χ4v) is 3.31. The number of tetrazole rings is 1. The molecular formula is C22H21N5O3. The molecule has 0 aliphatic carbocycles. The van der Waals surface area contributed by atoms with Crippen LogP contribution in [0.25, 0.3) is 0 Å². The molecule has 0 amide bonds. The second-order valence-electron chi connectivity index (χ2n) is 6.75. The van der Waals surface area contributed by atoms with Gasteiger partial charge < -0.3 is 14.8 Å². The second kappa shape index (κ2) is 8.60. The lowest BCUT2D eigenvalue weighted by molar-refractivity contribution is -0.138. The van der Waals surface area contributed by atoms with Crippen molar-refractivity contribution >= 4 is 11.9 Å².